The maximum absolute atomic E-state index is 11.2. The van der Waals surface area contributed by atoms with E-state index in [2.05, 4.69) is 20.6 Å². The Morgan fingerprint density at radius 2 is 2.17 bits per heavy atom. The van der Waals surface area contributed by atoms with Gasteiger partial charge in [0.05, 0.1) is 19.4 Å². The maximum Gasteiger partial charge on any atom is 0.212 e. The van der Waals surface area contributed by atoms with Gasteiger partial charge >= 0.3 is 0 Å². The van der Waals surface area contributed by atoms with Crippen LogP contribution in [0.5, 0.6) is 5.88 Å². The van der Waals surface area contributed by atoms with E-state index < -0.39 is 9.84 Å². The Morgan fingerprint density at radius 1 is 1.43 bits per heavy atom. The van der Waals surface area contributed by atoms with Crippen molar-refractivity contribution in [2.24, 2.45) is 4.99 Å². The molecule has 0 aliphatic heterocycles. The molecule has 130 valence electrons. The van der Waals surface area contributed by atoms with Gasteiger partial charge in [0, 0.05) is 31.1 Å². The lowest BCUT2D eigenvalue weighted by Crippen LogP contribution is -2.42. The largest absolute Gasteiger partial charge is 0.481 e. The minimum Gasteiger partial charge on any atom is -0.481 e. The van der Waals surface area contributed by atoms with E-state index in [-0.39, 0.29) is 11.8 Å². The van der Waals surface area contributed by atoms with Gasteiger partial charge in [-0.15, -0.1) is 0 Å². The summed E-state index contributed by atoms with van der Waals surface area (Å²) in [5.74, 6) is 1.38. The zero-order valence-electron chi connectivity index (χ0n) is 14.2. The van der Waals surface area contributed by atoms with Crippen molar-refractivity contribution in [3.8, 4) is 5.88 Å². The molecule has 1 aromatic heterocycles. The molecule has 0 spiro atoms. The van der Waals surface area contributed by atoms with Crippen molar-refractivity contribution in [1.29, 1.82) is 0 Å². The number of sulfone groups is 1. The number of pyridine rings is 1. The van der Waals surface area contributed by atoms with Crippen LogP contribution in [0.3, 0.4) is 0 Å². The topological polar surface area (TPSA) is 92.7 Å². The zero-order valence-corrected chi connectivity index (χ0v) is 15.0. The van der Waals surface area contributed by atoms with Gasteiger partial charge in [0.15, 0.2) is 5.96 Å². The highest BCUT2D eigenvalue weighted by molar-refractivity contribution is 7.90. The third kappa shape index (κ3) is 8.39. The average molecular weight is 342 g/mol. The SMILES string of the molecule is CCNC(=NCc1ccc(OC)nc1)NC(C)CCS(C)(=O)=O. The summed E-state index contributed by atoms with van der Waals surface area (Å²) >= 11 is 0. The van der Waals surface area contributed by atoms with Gasteiger partial charge in [0.25, 0.3) is 0 Å². The number of methoxy groups -OCH3 is 1. The van der Waals surface area contributed by atoms with Crippen molar-refractivity contribution in [3.63, 3.8) is 0 Å². The maximum atomic E-state index is 11.2. The van der Waals surface area contributed by atoms with E-state index in [0.717, 1.165) is 12.1 Å². The molecule has 1 atom stereocenters. The molecule has 0 aromatic carbocycles. The van der Waals surface area contributed by atoms with E-state index in [1.807, 2.05) is 19.9 Å². The summed E-state index contributed by atoms with van der Waals surface area (Å²) in [6, 6.07) is 3.71. The van der Waals surface area contributed by atoms with Crippen LogP contribution in [0, 0.1) is 0 Å². The first kappa shape index (κ1) is 19.2. The van der Waals surface area contributed by atoms with Crippen LogP contribution in [-0.4, -0.2) is 51.1 Å². The molecule has 0 radical (unpaired) electrons. The highest BCUT2D eigenvalue weighted by Crippen LogP contribution is 2.07. The second kappa shape index (κ2) is 9.34. The van der Waals surface area contributed by atoms with E-state index >= 15 is 0 Å². The molecule has 0 aliphatic carbocycles. The molecule has 1 aromatic rings. The van der Waals surface area contributed by atoms with Crippen LogP contribution < -0.4 is 15.4 Å². The third-order valence-corrected chi connectivity index (χ3v) is 4.05. The minimum atomic E-state index is -2.95. The summed E-state index contributed by atoms with van der Waals surface area (Å²) < 4.78 is 27.5. The van der Waals surface area contributed by atoms with E-state index in [9.17, 15) is 8.42 Å². The standard InChI is InChI=1S/C15H26N4O3S/c1-5-16-15(19-12(2)8-9-23(4,20)21)18-11-13-6-7-14(22-3)17-10-13/h6-7,10,12H,5,8-9,11H2,1-4H3,(H2,16,18,19). The van der Waals surface area contributed by atoms with Crippen molar-refractivity contribution in [2.45, 2.75) is 32.9 Å². The van der Waals surface area contributed by atoms with Crippen molar-refractivity contribution in [1.82, 2.24) is 15.6 Å². The van der Waals surface area contributed by atoms with E-state index in [1.165, 1.54) is 6.26 Å². The quantitative estimate of drug-likeness (QED) is 0.540. The lowest BCUT2D eigenvalue weighted by atomic mass is 10.2. The van der Waals surface area contributed by atoms with Crippen LogP contribution in [0.25, 0.3) is 0 Å². The average Bonchev–Trinajstić information content (AvgIpc) is 2.51. The van der Waals surface area contributed by atoms with Crippen molar-refractivity contribution in [3.05, 3.63) is 23.9 Å². The molecular weight excluding hydrogens is 316 g/mol. The van der Waals surface area contributed by atoms with Gasteiger partial charge in [0.2, 0.25) is 5.88 Å². The number of aliphatic imine (C=N–C) groups is 1. The number of hydrogen-bond donors (Lipinski definition) is 2. The van der Waals surface area contributed by atoms with Crippen LogP contribution in [0.15, 0.2) is 23.3 Å². The number of guanidine groups is 1. The van der Waals surface area contributed by atoms with E-state index in [4.69, 9.17) is 4.74 Å². The summed E-state index contributed by atoms with van der Waals surface area (Å²) in [4.78, 5) is 8.63. The van der Waals surface area contributed by atoms with Gasteiger partial charge < -0.3 is 15.4 Å². The first-order valence-electron chi connectivity index (χ1n) is 7.55. The lowest BCUT2D eigenvalue weighted by Gasteiger charge is -2.17. The van der Waals surface area contributed by atoms with Crippen LogP contribution in [0.2, 0.25) is 0 Å². The van der Waals surface area contributed by atoms with E-state index in [1.54, 1.807) is 19.4 Å². The van der Waals surface area contributed by atoms with Gasteiger partial charge in [-0.3, -0.25) is 0 Å². The number of rotatable bonds is 8. The highest BCUT2D eigenvalue weighted by Gasteiger charge is 2.09. The molecule has 0 fully saturated rings. The number of nitrogens with one attached hydrogen (secondary N) is 2. The smallest absolute Gasteiger partial charge is 0.212 e. The predicted octanol–water partition coefficient (Wildman–Crippen LogP) is 0.969. The molecule has 7 nitrogen and oxygen atoms in total. The fourth-order valence-electron chi connectivity index (χ4n) is 1.81. The molecule has 1 heterocycles. The Balaban J connectivity index is 2.61. The predicted molar refractivity (Wildman–Crippen MR) is 92.5 cm³/mol. The molecule has 8 heteroatoms. The summed E-state index contributed by atoms with van der Waals surface area (Å²) in [5, 5.41) is 6.36. The molecule has 0 saturated heterocycles. The van der Waals surface area contributed by atoms with Crippen molar-refractivity contribution < 1.29 is 13.2 Å². The first-order chi connectivity index (χ1) is 10.8. The molecule has 0 aliphatic rings. The Bertz CT molecular complexity index is 600. The Hall–Kier alpha value is -1.83. The van der Waals surface area contributed by atoms with Gasteiger partial charge in [0.1, 0.15) is 9.84 Å². The summed E-state index contributed by atoms with van der Waals surface area (Å²) in [7, 11) is -1.37. The molecule has 0 bridgehead atoms. The Kier molecular flexibility index (Phi) is 7.80. The van der Waals surface area contributed by atoms with Crippen LogP contribution in [0.1, 0.15) is 25.8 Å². The Labute approximate surface area is 138 Å². The number of aromatic nitrogens is 1. The Morgan fingerprint density at radius 3 is 2.70 bits per heavy atom. The summed E-state index contributed by atoms with van der Waals surface area (Å²) in [5.41, 5.74) is 0.965. The highest BCUT2D eigenvalue weighted by atomic mass is 32.2. The fourth-order valence-corrected chi connectivity index (χ4v) is 2.59. The lowest BCUT2D eigenvalue weighted by molar-refractivity contribution is 0.397. The second-order valence-corrected chi connectivity index (χ2v) is 7.63. The van der Waals surface area contributed by atoms with Gasteiger partial charge in [-0.1, -0.05) is 6.07 Å². The van der Waals surface area contributed by atoms with Gasteiger partial charge in [-0.2, -0.15) is 0 Å². The fraction of sp³-hybridized carbons (Fsp3) is 0.600. The number of hydrogen-bond acceptors (Lipinski definition) is 5. The van der Waals surface area contributed by atoms with Gasteiger partial charge in [-0.25, -0.2) is 18.4 Å². The number of nitrogens with zero attached hydrogens (tertiary/aromatic N) is 2. The molecule has 23 heavy (non-hydrogen) atoms. The first-order valence-corrected chi connectivity index (χ1v) is 9.61. The van der Waals surface area contributed by atoms with Crippen LogP contribution in [-0.2, 0) is 16.4 Å². The summed E-state index contributed by atoms with van der Waals surface area (Å²) in [6.07, 6.45) is 3.50. The second-order valence-electron chi connectivity index (χ2n) is 5.37. The molecular formula is C15H26N4O3S. The van der Waals surface area contributed by atoms with Gasteiger partial charge in [-0.05, 0) is 25.8 Å². The molecule has 2 N–H and O–H groups in total. The normalized spacial score (nSPS) is 13.5. The molecule has 1 unspecified atom stereocenters. The van der Waals surface area contributed by atoms with Crippen molar-refractivity contribution >= 4 is 15.8 Å². The molecule has 0 amide bonds. The minimum absolute atomic E-state index is 0.0107. The van der Waals surface area contributed by atoms with Crippen LogP contribution in [0.4, 0.5) is 0 Å². The molecule has 0 saturated carbocycles. The monoisotopic (exact) mass is 342 g/mol. The third-order valence-electron chi connectivity index (χ3n) is 3.08. The van der Waals surface area contributed by atoms with E-state index in [0.29, 0.717) is 24.8 Å². The van der Waals surface area contributed by atoms with Crippen molar-refractivity contribution in [2.75, 3.05) is 25.7 Å². The number of ether oxygens (including phenoxy) is 1. The zero-order chi connectivity index (χ0) is 17.3. The molecule has 1 rings (SSSR count). The van der Waals surface area contributed by atoms with Crippen LogP contribution >= 0.6 is 0 Å². The summed E-state index contributed by atoms with van der Waals surface area (Å²) in [6.45, 7) is 5.12.